The second kappa shape index (κ2) is 3.22. The minimum atomic E-state index is -0.137. The first-order valence-electron chi connectivity index (χ1n) is 4.39. The first-order chi connectivity index (χ1) is 6.29. The third kappa shape index (κ3) is 1.89. The van der Waals surface area contributed by atoms with Gasteiger partial charge in [0.1, 0.15) is 5.76 Å². The molecule has 3 N–H and O–H groups in total. The summed E-state index contributed by atoms with van der Waals surface area (Å²) in [5.74, 6) is 0.857. The van der Waals surface area contributed by atoms with E-state index in [0.29, 0.717) is 24.1 Å². The van der Waals surface area contributed by atoms with Crippen LogP contribution in [0, 0.1) is 0 Å². The molecule has 4 heteroatoms. The number of rotatable bonds is 3. The molecule has 1 amide bonds. The van der Waals surface area contributed by atoms with E-state index in [-0.39, 0.29) is 5.91 Å². The number of carbonyl (C=O) groups is 1. The monoisotopic (exact) mass is 180 g/mol. The average Bonchev–Trinajstić information content (AvgIpc) is 2.82. The molecule has 4 nitrogen and oxygen atoms in total. The topological polar surface area (TPSA) is 68.3 Å². The molecule has 0 aromatic carbocycles. The zero-order chi connectivity index (χ0) is 9.26. The Morgan fingerprint density at radius 1 is 1.62 bits per heavy atom. The molecule has 1 heterocycles. The van der Waals surface area contributed by atoms with E-state index in [1.165, 1.54) is 0 Å². The van der Waals surface area contributed by atoms with Gasteiger partial charge in [-0.05, 0) is 25.0 Å². The molecule has 2 rings (SSSR count). The highest BCUT2D eigenvalue weighted by Gasteiger charge is 2.24. The molecule has 1 aromatic rings. The Balaban J connectivity index is 2.01. The van der Waals surface area contributed by atoms with Gasteiger partial charge in [-0.15, -0.1) is 0 Å². The third-order valence-corrected chi connectivity index (χ3v) is 2.00. The van der Waals surface area contributed by atoms with E-state index >= 15 is 0 Å². The van der Waals surface area contributed by atoms with Gasteiger partial charge in [0.05, 0.1) is 6.54 Å². The fourth-order valence-electron chi connectivity index (χ4n) is 1.09. The molecule has 1 aliphatic carbocycles. The predicted octanol–water partition coefficient (Wildman–Crippen LogP) is 0.630. The van der Waals surface area contributed by atoms with Gasteiger partial charge in [-0.3, -0.25) is 4.79 Å². The Bertz CT molecular complexity index is 315. The first kappa shape index (κ1) is 8.31. The summed E-state index contributed by atoms with van der Waals surface area (Å²) >= 11 is 0. The van der Waals surface area contributed by atoms with Crippen molar-refractivity contribution < 1.29 is 9.21 Å². The van der Waals surface area contributed by atoms with Gasteiger partial charge >= 0.3 is 0 Å². The van der Waals surface area contributed by atoms with Crippen LogP contribution in [0.25, 0.3) is 0 Å². The van der Waals surface area contributed by atoms with Crippen LogP contribution in [0.3, 0.4) is 0 Å². The zero-order valence-electron chi connectivity index (χ0n) is 7.25. The van der Waals surface area contributed by atoms with Gasteiger partial charge in [0.2, 0.25) is 0 Å². The van der Waals surface area contributed by atoms with E-state index in [0.717, 1.165) is 12.8 Å². The van der Waals surface area contributed by atoms with Crippen molar-refractivity contribution in [3.8, 4) is 0 Å². The van der Waals surface area contributed by atoms with Crippen molar-refractivity contribution >= 4 is 5.91 Å². The van der Waals surface area contributed by atoms with Crippen molar-refractivity contribution in [1.29, 1.82) is 0 Å². The number of nitrogens with two attached hydrogens (primary N) is 1. The minimum absolute atomic E-state index is 0.137. The molecule has 0 saturated heterocycles. The zero-order valence-corrected chi connectivity index (χ0v) is 7.25. The van der Waals surface area contributed by atoms with Crippen LogP contribution in [-0.4, -0.2) is 11.9 Å². The summed E-state index contributed by atoms with van der Waals surface area (Å²) in [5.41, 5.74) is 5.35. The molecule has 70 valence electrons. The number of hydrogen-bond donors (Lipinski definition) is 2. The van der Waals surface area contributed by atoms with E-state index < -0.39 is 0 Å². The molecule has 1 saturated carbocycles. The smallest absolute Gasteiger partial charge is 0.287 e. The van der Waals surface area contributed by atoms with Crippen LogP contribution in [0.15, 0.2) is 16.5 Å². The minimum Gasteiger partial charge on any atom is -0.455 e. The number of amides is 1. The van der Waals surface area contributed by atoms with Gasteiger partial charge in [-0.1, -0.05) is 0 Å². The Kier molecular flexibility index (Phi) is 2.06. The van der Waals surface area contributed by atoms with Crippen molar-refractivity contribution in [3.63, 3.8) is 0 Å². The van der Waals surface area contributed by atoms with Crippen LogP contribution in [0.5, 0.6) is 0 Å². The summed E-state index contributed by atoms with van der Waals surface area (Å²) in [6.45, 7) is 0.330. The largest absolute Gasteiger partial charge is 0.455 e. The highest BCUT2D eigenvalue weighted by atomic mass is 16.4. The Labute approximate surface area is 76.1 Å². The first-order valence-corrected chi connectivity index (χ1v) is 4.39. The summed E-state index contributed by atoms with van der Waals surface area (Å²) < 4.78 is 5.19. The lowest BCUT2D eigenvalue weighted by Gasteiger charge is -1.98. The molecular weight excluding hydrogens is 168 g/mol. The quantitative estimate of drug-likeness (QED) is 0.716. The Morgan fingerprint density at radius 3 is 2.92 bits per heavy atom. The lowest BCUT2D eigenvalue weighted by Crippen LogP contribution is -2.24. The molecular formula is C9H12N2O2. The summed E-state index contributed by atoms with van der Waals surface area (Å²) in [4.78, 5) is 11.4. The number of hydrogen-bond acceptors (Lipinski definition) is 3. The molecule has 1 fully saturated rings. The van der Waals surface area contributed by atoms with E-state index in [9.17, 15) is 4.79 Å². The molecule has 0 spiro atoms. The SMILES string of the molecule is NCc1ccc(C(=O)NC2CC2)o1. The Hall–Kier alpha value is -1.29. The van der Waals surface area contributed by atoms with E-state index in [1.54, 1.807) is 12.1 Å². The summed E-state index contributed by atoms with van der Waals surface area (Å²) in [6.07, 6.45) is 2.16. The van der Waals surface area contributed by atoms with E-state index in [4.69, 9.17) is 10.2 Å². The van der Waals surface area contributed by atoms with Crippen LogP contribution in [0.2, 0.25) is 0 Å². The van der Waals surface area contributed by atoms with Crippen molar-refractivity contribution in [2.24, 2.45) is 5.73 Å². The van der Waals surface area contributed by atoms with E-state index in [2.05, 4.69) is 5.32 Å². The summed E-state index contributed by atoms with van der Waals surface area (Å²) in [5, 5.41) is 2.83. The third-order valence-electron chi connectivity index (χ3n) is 2.00. The second-order valence-corrected chi connectivity index (χ2v) is 3.22. The fourth-order valence-corrected chi connectivity index (χ4v) is 1.09. The maximum absolute atomic E-state index is 11.4. The van der Waals surface area contributed by atoms with Crippen LogP contribution in [0.4, 0.5) is 0 Å². The molecule has 1 aromatic heterocycles. The summed E-state index contributed by atoms with van der Waals surface area (Å²) in [7, 11) is 0. The maximum Gasteiger partial charge on any atom is 0.287 e. The molecule has 0 aliphatic heterocycles. The second-order valence-electron chi connectivity index (χ2n) is 3.22. The van der Waals surface area contributed by atoms with Gasteiger partial charge in [-0.25, -0.2) is 0 Å². The maximum atomic E-state index is 11.4. The van der Waals surface area contributed by atoms with Crippen molar-refractivity contribution in [2.75, 3.05) is 0 Å². The van der Waals surface area contributed by atoms with Crippen LogP contribution in [0.1, 0.15) is 29.2 Å². The van der Waals surface area contributed by atoms with Gasteiger partial charge in [0, 0.05) is 6.04 Å². The van der Waals surface area contributed by atoms with Gasteiger partial charge in [0.15, 0.2) is 5.76 Å². The van der Waals surface area contributed by atoms with Crippen molar-refractivity contribution in [3.05, 3.63) is 23.7 Å². The van der Waals surface area contributed by atoms with Crippen LogP contribution in [-0.2, 0) is 6.54 Å². The highest BCUT2D eigenvalue weighted by molar-refractivity contribution is 5.91. The standard InChI is InChI=1S/C9H12N2O2/c10-5-7-3-4-8(13-7)9(12)11-6-1-2-6/h3-4,6H,1-2,5,10H2,(H,11,12). The number of carbonyl (C=O) groups excluding carboxylic acids is 1. The van der Waals surface area contributed by atoms with Gasteiger partial charge in [0.25, 0.3) is 5.91 Å². The molecule has 13 heavy (non-hydrogen) atoms. The average molecular weight is 180 g/mol. The molecule has 1 aliphatic rings. The van der Waals surface area contributed by atoms with Gasteiger partial charge < -0.3 is 15.5 Å². The van der Waals surface area contributed by atoms with Crippen LogP contribution < -0.4 is 11.1 Å². The van der Waals surface area contributed by atoms with Crippen molar-refractivity contribution in [2.45, 2.75) is 25.4 Å². The summed E-state index contributed by atoms with van der Waals surface area (Å²) in [6, 6.07) is 3.74. The normalized spacial score (nSPS) is 15.8. The number of furan rings is 1. The van der Waals surface area contributed by atoms with Gasteiger partial charge in [-0.2, -0.15) is 0 Å². The fraction of sp³-hybridized carbons (Fsp3) is 0.444. The Morgan fingerprint density at radius 2 is 2.38 bits per heavy atom. The lowest BCUT2D eigenvalue weighted by atomic mass is 10.4. The van der Waals surface area contributed by atoms with Crippen molar-refractivity contribution in [1.82, 2.24) is 5.32 Å². The predicted molar refractivity (Wildman–Crippen MR) is 47.1 cm³/mol. The molecule has 0 atom stereocenters. The lowest BCUT2D eigenvalue weighted by molar-refractivity contribution is 0.0921. The van der Waals surface area contributed by atoms with E-state index in [1.807, 2.05) is 0 Å². The highest BCUT2D eigenvalue weighted by Crippen LogP contribution is 2.19. The molecule has 0 unspecified atom stereocenters. The van der Waals surface area contributed by atoms with Crippen LogP contribution >= 0.6 is 0 Å². The number of nitrogens with one attached hydrogen (secondary N) is 1. The molecule has 0 bridgehead atoms. The molecule has 0 radical (unpaired) electrons.